The van der Waals surface area contributed by atoms with Gasteiger partial charge in [0.05, 0.1) is 4.92 Å². The van der Waals surface area contributed by atoms with Crippen molar-refractivity contribution in [2.75, 3.05) is 6.61 Å². The highest BCUT2D eigenvalue weighted by Gasteiger charge is 2.36. The highest BCUT2D eigenvalue weighted by molar-refractivity contribution is 6.08. The number of hydrogen-bond donors (Lipinski definition) is 1. The Kier molecular flexibility index (Phi) is 4.37. The molecule has 0 aliphatic heterocycles. The fraction of sp³-hybridized carbons (Fsp3) is 0.118. The second-order valence-corrected chi connectivity index (χ2v) is 5.40. The minimum Gasteiger partial charge on any atom is -0.485 e. The third-order valence-electron chi connectivity index (χ3n) is 3.73. The molecule has 0 saturated carbocycles. The molecule has 0 spiro atoms. The zero-order chi connectivity index (χ0) is 18.9. The Bertz CT molecular complexity index is 995. The molecule has 3 rings (SSSR count). The Morgan fingerprint density at radius 1 is 1.19 bits per heavy atom. The quantitative estimate of drug-likeness (QED) is 0.414. The smallest absolute Gasteiger partial charge is 0.420 e. The van der Waals surface area contributed by atoms with Crippen LogP contribution < -0.4 is 4.74 Å². The van der Waals surface area contributed by atoms with E-state index in [2.05, 4.69) is 4.98 Å². The molecular formula is C17H11F3N2O4. The van der Waals surface area contributed by atoms with Crippen molar-refractivity contribution in [2.45, 2.75) is 6.18 Å². The van der Waals surface area contributed by atoms with Gasteiger partial charge in [-0.2, -0.15) is 13.2 Å². The number of nitro groups is 1. The Morgan fingerprint density at radius 3 is 2.62 bits per heavy atom. The van der Waals surface area contributed by atoms with Crippen LogP contribution in [0.3, 0.4) is 0 Å². The first-order chi connectivity index (χ1) is 12.3. The second kappa shape index (κ2) is 6.51. The SMILES string of the molecule is O=C(COc1ccc([N+](=O)[O-])cc1C(F)(F)F)c1c[nH]c2ccccc12. The van der Waals surface area contributed by atoms with Crippen LogP contribution in [0.15, 0.2) is 48.7 Å². The van der Waals surface area contributed by atoms with Crippen molar-refractivity contribution in [1.82, 2.24) is 4.98 Å². The Hall–Kier alpha value is -3.36. The first kappa shape index (κ1) is 17.5. The Morgan fingerprint density at radius 2 is 1.92 bits per heavy atom. The number of alkyl halides is 3. The second-order valence-electron chi connectivity index (χ2n) is 5.40. The van der Waals surface area contributed by atoms with E-state index in [1.54, 1.807) is 24.3 Å². The molecule has 0 aliphatic carbocycles. The van der Waals surface area contributed by atoms with Crippen LogP contribution in [0.2, 0.25) is 0 Å². The monoisotopic (exact) mass is 364 g/mol. The lowest BCUT2D eigenvalue weighted by Crippen LogP contribution is -2.15. The number of Topliss-reactive ketones (excluding diaryl/α,β-unsaturated/α-hetero) is 1. The predicted octanol–water partition coefficient (Wildman–Crippen LogP) is 4.36. The van der Waals surface area contributed by atoms with Crippen LogP contribution in [0.25, 0.3) is 10.9 Å². The molecule has 26 heavy (non-hydrogen) atoms. The third kappa shape index (κ3) is 3.37. The van der Waals surface area contributed by atoms with E-state index in [1.165, 1.54) is 6.20 Å². The van der Waals surface area contributed by atoms with Crippen molar-refractivity contribution in [2.24, 2.45) is 0 Å². The fourth-order valence-corrected chi connectivity index (χ4v) is 2.50. The average molecular weight is 364 g/mol. The molecule has 6 nitrogen and oxygen atoms in total. The number of nitro benzene ring substituents is 1. The lowest BCUT2D eigenvalue weighted by atomic mass is 10.1. The summed E-state index contributed by atoms with van der Waals surface area (Å²) in [6.07, 6.45) is -3.40. The summed E-state index contributed by atoms with van der Waals surface area (Å²) in [5, 5.41) is 11.3. The first-order valence-electron chi connectivity index (χ1n) is 7.35. The highest BCUT2D eigenvalue weighted by atomic mass is 19.4. The summed E-state index contributed by atoms with van der Waals surface area (Å²) in [6, 6.07) is 9.06. The molecule has 2 aromatic carbocycles. The van der Waals surface area contributed by atoms with E-state index >= 15 is 0 Å². The molecule has 0 fully saturated rings. The van der Waals surface area contributed by atoms with Crippen molar-refractivity contribution in [3.05, 3.63) is 69.9 Å². The molecule has 3 aromatic rings. The van der Waals surface area contributed by atoms with E-state index in [4.69, 9.17) is 4.74 Å². The molecule has 0 aliphatic rings. The van der Waals surface area contributed by atoms with E-state index in [1.807, 2.05) is 0 Å². The average Bonchev–Trinajstić information content (AvgIpc) is 3.02. The number of carbonyl (C=O) groups excluding carboxylic acids is 1. The number of rotatable bonds is 5. The fourth-order valence-electron chi connectivity index (χ4n) is 2.50. The number of hydrogen-bond acceptors (Lipinski definition) is 4. The van der Waals surface area contributed by atoms with Gasteiger partial charge in [-0.05, 0) is 12.1 Å². The van der Waals surface area contributed by atoms with Gasteiger partial charge >= 0.3 is 6.18 Å². The van der Waals surface area contributed by atoms with Gasteiger partial charge in [-0.25, -0.2) is 0 Å². The summed E-state index contributed by atoms with van der Waals surface area (Å²) in [7, 11) is 0. The number of para-hydroxylation sites is 1. The molecule has 0 atom stereocenters. The zero-order valence-electron chi connectivity index (χ0n) is 13.0. The minimum absolute atomic E-state index is 0.288. The highest BCUT2D eigenvalue weighted by Crippen LogP contribution is 2.38. The molecule has 0 bridgehead atoms. The number of H-pyrrole nitrogens is 1. The van der Waals surface area contributed by atoms with E-state index < -0.39 is 40.5 Å². The number of aromatic nitrogens is 1. The molecule has 9 heteroatoms. The van der Waals surface area contributed by atoms with Crippen molar-refractivity contribution < 1.29 is 27.6 Å². The maximum absolute atomic E-state index is 13.1. The number of carbonyl (C=O) groups is 1. The lowest BCUT2D eigenvalue weighted by Gasteiger charge is -2.13. The number of nitrogens with zero attached hydrogens (tertiary/aromatic N) is 1. The molecule has 0 unspecified atom stereocenters. The van der Waals surface area contributed by atoms with Gasteiger partial charge in [-0.3, -0.25) is 14.9 Å². The van der Waals surface area contributed by atoms with Crippen molar-refractivity contribution >= 4 is 22.4 Å². The number of nitrogens with one attached hydrogen (secondary N) is 1. The number of aromatic amines is 1. The van der Waals surface area contributed by atoms with Gasteiger partial charge in [0.2, 0.25) is 5.78 Å². The van der Waals surface area contributed by atoms with Gasteiger partial charge in [-0.1, -0.05) is 18.2 Å². The van der Waals surface area contributed by atoms with Crippen LogP contribution >= 0.6 is 0 Å². The standard InChI is InChI=1S/C17H11F3N2O4/c18-17(19,20)13-7-10(22(24)25)5-6-16(13)26-9-15(23)12-8-21-14-4-2-1-3-11(12)14/h1-8,21H,9H2. The van der Waals surface area contributed by atoms with Crippen molar-refractivity contribution in [3.8, 4) is 5.75 Å². The summed E-state index contributed by atoms with van der Waals surface area (Å²) < 4.78 is 44.3. The largest absolute Gasteiger partial charge is 0.485 e. The van der Waals surface area contributed by atoms with E-state index in [0.717, 1.165) is 12.1 Å². The molecule has 1 heterocycles. The number of ether oxygens (including phenoxy) is 1. The topological polar surface area (TPSA) is 85.2 Å². The van der Waals surface area contributed by atoms with E-state index in [-0.39, 0.29) is 5.56 Å². The molecule has 1 N–H and O–H groups in total. The summed E-state index contributed by atoms with van der Waals surface area (Å²) in [6.45, 7) is -0.636. The van der Waals surface area contributed by atoms with Gasteiger partial charge in [0.25, 0.3) is 5.69 Å². The molecule has 1 aromatic heterocycles. The number of halogens is 3. The maximum atomic E-state index is 13.1. The van der Waals surface area contributed by atoms with Gasteiger partial charge in [0.15, 0.2) is 6.61 Å². The maximum Gasteiger partial charge on any atom is 0.420 e. The van der Waals surface area contributed by atoms with Gasteiger partial charge in [-0.15, -0.1) is 0 Å². The molecule has 134 valence electrons. The summed E-state index contributed by atoms with van der Waals surface area (Å²) in [5.41, 5.74) is -1.02. The van der Waals surface area contributed by atoms with Crippen molar-refractivity contribution in [3.63, 3.8) is 0 Å². The summed E-state index contributed by atoms with van der Waals surface area (Å²) >= 11 is 0. The number of fused-ring (bicyclic) bond motifs is 1. The number of non-ortho nitro benzene ring substituents is 1. The van der Waals surface area contributed by atoms with Crippen LogP contribution in [0, 0.1) is 10.1 Å². The number of ketones is 1. The molecule has 0 radical (unpaired) electrons. The van der Waals surface area contributed by atoms with Gasteiger partial charge < -0.3 is 9.72 Å². The van der Waals surface area contributed by atoms with Crippen LogP contribution in [0.4, 0.5) is 18.9 Å². The Balaban J connectivity index is 1.85. The van der Waals surface area contributed by atoms with Crippen LogP contribution in [-0.2, 0) is 6.18 Å². The van der Waals surface area contributed by atoms with Gasteiger partial charge in [0.1, 0.15) is 11.3 Å². The van der Waals surface area contributed by atoms with E-state index in [9.17, 15) is 28.1 Å². The van der Waals surface area contributed by atoms with Crippen molar-refractivity contribution in [1.29, 1.82) is 0 Å². The van der Waals surface area contributed by atoms with E-state index in [0.29, 0.717) is 17.0 Å². The third-order valence-corrected chi connectivity index (χ3v) is 3.73. The Labute approximate surface area is 144 Å². The molecule has 0 saturated heterocycles. The van der Waals surface area contributed by atoms with Crippen LogP contribution in [-0.4, -0.2) is 22.3 Å². The normalized spacial score (nSPS) is 11.5. The van der Waals surface area contributed by atoms with Crippen LogP contribution in [0.1, 0.15) is 15.9 Å². The zero-order valence-corrected chi connectivity index (χ0v) is 13.0. The van der Waals surface area contributed by atoms with Gasteiger partial charge in [0, 0.05) is 34.8 Å². The lowest BCUT2D eigenvalue weighted by molar-refractivity contribution is -0.385. The summed E-state index contributed by atoms with van der Waals surface area (Å²) in [5.74, 6) is -1.16. The first-order valence-corrected chi connectivity index (χ1v) is 7.35. The molecule has 0 amide bonds. The molecular weight excluding hydrogens is 353 g/mol. The van der Waals surface area contributed by atoms with Crippen LogP contribution in [0.5, 0.6) is 5.75 Å². The number of benzene rings is 2. The predicted molar refractivity (Wildman–Crippen MR) is 86.2 cm³/mol. The summed E-state index contributed by atoms with van der Waals surface area (Å²) in [4.78, 5) is 24.9. The minimum atomic E-state index is -4.86.